The molecule has 2 N–H and O–H groups in total. The van der Waals surface area contributed by atoms with E-state index in [1.165, 1.54) is 13.2 Å². The van der Waals surface area contributed by atoms with E-state index in [1.807, 2.05) is 31.2 Å². The Morgan fingerprint density at radius 3 is 2.46 bits per heavy atom. The van der Waals surface area contributed by atoms with E-state index in [9.17, 15) is 8.78 Å². The minimum Gasteiger partial charge on any atom is -0.493 e. The van der Waals surface area contributed by atoms with Gasteiger partial charge in [0.05, 0.1) is 7.11 Å². The van der Waals surface area contributed by atoms with E-state index in [0.29, 0.717) is 11.7 Å². The molecule has 0 heterocycles. The highest BCUT2D eigenvalue weighted by atomic mass is 32.1. The van der Waals surface area contributed by atoms with Crippen LogP contribution in [0.5, 0.6) is 11.5 Å². The minimum atomic E-state index is -2.89. The van der Waals surface area contributed by atoms with Crippen LogP contribution in [0.3, 0.4) is 0 Å². The molecule has 0 atom stereocenters. The van der Waals surface area contributed by atoms with Crippen molar-refractivity contribution < 1.29 is 18.3 Å². The zero-order chi connectivity index (χ0) is 17.5. The van der Waals surface area contributed by atoms with Crippen LogP contribution in [0.4, 0.5) is 14.5 Å². The molecular formula is C17H18F2N2O2S. The third kappa shape index (κ3) is 5.34. The molecule has 2 aromatic carbocycles. The summed E-state index contributed by atoms with van der Waals surface area (Å²) < 4.78 is 34.1. The van der Waals surface area contributed by atoms with E-state index in [0.717, 1.165) is 16.8 Å². The van der Waals surface area contributed by atoms with Crippen LogP contribution in [-0.2, 0) is 6.54 Å². The van der Waals surface area contributed by atoms with E-state index >= 15 is 0 Å². The van der Waals surface area contributed by atoms with Gasteiger partial charge in [0.15, 0.2) is 16.6 Å². The second kappa shape index (κ2) is 8.44. The third-order valence-corrected chi connectivity index (χ3v) is 3.45. The zero-order valence-electron chi connectivity index (χ0n) is 13.3. The van der Waals surface area contributed by atoms with E-state index in [-0.39, 0.29) is 11.5 Å². The molecule has 7 heteroatoms. The van der Waals surface area contributed by atoms with Crippen molar-refractivity contribution in [2.45, 2.75) is 20.1 Å². The maximum atomic E-state index is 12.3. The Hall–Kier alpha value is -2.41. The molecule has 0 spiro atoms. The van der Waals surface area contributed by atoms with Crippen molar-refractivity contribution in [2.75, 3.05) is 12.4 Å². The Labute approximate surface area is 144 Å². The SMILES string of the molecule is COc1cc(CNC(=S)Nc2ccc(C)cc2)ccc1OC(F)F. The van der Waals surface area contributed by atoms with Crippen molar-refractivity contribution in [1.29, 1.82) is 0 Å². The number of benzene rings is 2. The molecule has 0 aliphatic rings. The summed E-state index contributed by atoms with van der Waals surface area (Å²) in [6.07, 6.45) is 0. The molecule has 0 aliphatic heterocycles. The predicted octanol–water partition coefficient (Wildman–Crippen LogP) is 4.09. The van der Waals surface area contributed by atoms with E-state index in [1.54, 1.807) is 12.1 Å². The minimum absolute atomic E-state index is 0.00314. The number of halogens is 2. The van der Waals surface area contributed by atoms with Gasteiger partial charge in [-0.15, -0.1) is 0 Å². The van der Waals surface area contributed by atoms with Crippen LogP contribution in [-0.4, -0.2) is 18.8 Å². The van der Waals surface area contributed by atoms with Crippen molar-refractivity contribution in [3.8, 4) is 11.5 Å². The van der Waals surface area contributed by atoms with Crippen LogP contribution in [0.1, 0.15) is 11.1 Å². The lowest BCUT2D eigenvalue weighted by Crippen LogP contribution is -2.27. The average molecular weight is 352 g/mol. The molecule has 0 unspecified atom stereocenters. The number of hydrogen-bond acceptors (Lipinski definition) is 3. The third-order valence-electron chi connectivity index (χ3n) is 3.21. The van der Waals surface area contributed by atoms with Gasteiger partial charge in [0, 0.05) is 12.2 Å². The number of ether oxygens (including phenoxy) is 2. The summed E-state index contributed by atoms with van der Waals surface area (Å²) in [5, 5.41) is 6.58. The van der Waals surface area contributed by atoms with Gasteiger partial charge in [-0.05, 0) is 49.0 Å². The Balaban J connectivity index is 1.93. The largest absolute Gasteiger partial charge is 0.493 e. The summed E-state index contributed by atoms with van der Waals surface area (Å²) in [4.78, 5) is 0. The fourth-order valence-electron chi connectivity index (χ4n) is 2.01. The molecule has 0 bridgehead atoms. The molecule has 2 aromatic rings. The van der Waals surface area contributed by atoms with Gasteiger partial charge >= 0.3 is 6.61 Å². The quantitative estimate of drug-likeness (QED) is 0.767. The lowest BCUT2D eigenvalue weighted by molar-refractivity contribution is -0.0512. The van der Waals surface area contributed by atoms with Gasteiger partial charge in [-0.1, -0.05) is 23.8 Å². The van der Waals surface area contributed by atoms with Crippen molar-refractivity contribution in [3.63, 3.8) is 0 Å². The standard InChI is InChI=1S/C17H18F2N2O2S/c1-11-3-6-13(7-4-11)21-17(24)20-10-12-5-8-14(23-16(18)19)15(9-12)22-2/h3-9,16H,10H2,1-2H3,(H2,20,21,24). The van der Waals surface area contributed by atoms with E-state index < -0.39 is 6.61 Å². The van der Waals surface area contributed by atoms with Crippen LogP contribution >= 0.6 is 12.2 Å². The molecule has 0 aliphatic carbocycles. The molecule has 4 nitrogen and oxygen atoms in total. The van der Waals surface area contributed by atoms with Crippen molar-refractivity contribution in [2.24, 2.45) is 0 Å². The first-order chi connectivity index (χ1) is 11.5. The van der Waals surface area contributed by atoms with Gasteiger partial charge in [0.2, 0.25) is 0 Å². The molecule has 128 valence electrons. The smallest absolute Gasteiger partial charge is 0.387 e. The molecule has 0 saturated carbocycles. The van der Waals surface area contributed by atoms with Crippen LogP contribution < -0.4 is 20.1 Å². The molecule has 24 heavy (non-hydrogen) atoms. The number of anilines is 1. The second-order valence-electron chi connectivity index (χ2n) is 5.04. The Bertz CT molecular complexity index is 693. The van der Waals surface area contributed by atoms with Gasteiger partial charge in [0.1, 0.15) is 0 Å². The topological polar surface area (TPSA) is 42.5 Å². The normalized spacial score (nSPS) is 10.4. The van der Waals surface area contributed by atoms with Gasteiger partial charge in [-0.25, -0.2) is 0 Å². The van der Waals surface area contributed by atoms with Crippen LogP contribution in [0, 0.1) is 6.92 Å². The predicted molar refractivity (Wildman–Crippen MR) is 93.9 cm³/mol. The summed E-state index contributed by atoms with van der Waals surface area (Å²) >= 11 is 5.23. The number of methoxy groups -OCH3 is 1. The number of aryl methyl sites for hydroxylation is 1. The first-order valence-corrected chi connectivity index (χ1v) is 7.62. The molecule has 2 rings (SSSR count). The first kappa shape index (κ1) is 17.9. The van der Waals surface area contributed by atoms with Gasteiger partial charge < -0.3 is 20.1 Å². The number of alkyl halides is 2. The van der Waals surface area contributed by atoms with Gasteiger partial charge in [-0.3, -0.25) is 0 Å². The summed E-state index contributed by atoms with van der Waals surface area (Å²) in [5.41, 5.74) is 2.87. The Morgan fingerprint density at radius 1 is 1.12 bits per heavy atom. The van der Waals surface area contributed by atoms with Crippen molar-refractivity contribution >= 4 is 23.0 Å². The number of rotatable bonds is 6. The summed E-state index contributed by atoms with van der Waals surface area (Å²) in [6, 6.07) is 12.6. The Morgan fingerprint density at radius 2 is 1.83 bits per heavy atom. The number of hydrogen-bond donors (Lipinski definition) is 2. The van der Waals surface area contributed by atoms with Gasteiger partial charge in [0.25, 0.3) is 0 Å². The highest BCUT2D eigenvalue weighted by Gasteiger charge is 2.11. The van der Waals surface area contributed by atoms with Crippen LogP contribution in [0.15, 0.2) is 42.5 Å². The lowest BCUT2D eigenvalue weighted by atomic mass is 10.2. The van der Waals surface area contributed by atoms with Crippen molar-refractivity contribution in [1.82, 2.24) is 5.32 Å². The van der Waals surface area contributed by atoms with Gasteiger partial charge in [-0.2, -0.15) is 8.78 Å². The molecule has 0 aromatic heterocycles. The van der Waals surface area contributed by atoms with Crippen LogP contribution in [0.2, 0.25) is 0 Å². The summed E-state index contributed by atoms with van der Waals surface area (Å²) in [7, 11) is 1.40. The maximum absolute atomic E-state index is 12.3. The number of nitrogens with one attached hydrogen (secondary N) is 2. The fraction of sp³-hybridized carbons (Fsp3) is 0.235. The maximum Gasteiger partial charge on any atom is 0.387 e. The first-order valence-electron chi connectivity index (χ1n) is 7.21. The second-order valence-corrected chi connectivity index (χ2v) is 5.45. The van der Waals surface area contributed by atoms with E-state index in [4.69, 9.17) is 17.0 Å². The summed E-state index contributed by atoms with van der Waals surface area (Å²) in [6.45, 7) is -0.466. The van der Waals surface area contributed by atoms with E-state index in [2.05, 4.69) is 15.4 Å². The average Bonchev–Trinajstić information content (AvgIpc) is 2.55. The molecule has 0 fully saturated rings. The molecule has 0 radical (unpaired) electrons. The highest BCUT2D eigenvalue weighted by Crippen LogP contribution is 2.29. The van der Waals surface area contributed by atoms with Crippen molar-refractivity contribution in [3.05, 3.63) is 53.6 Å². The summed E-state index contributed by atoms with van der Waals surface area (Å²) in [5.74, 6) is 0.239. The molecule has 0 saturated heterocycles. The zero-order valence-corrected chi connectivity index (χ0v) is 14.1. The monoisotopic (exact) mass is 352 g/mol. The molecular weight excluding hydrogens is 334 g/mol. The van der Waals surface area contributed by atoms with Crippen LogP contribution in [0.25, 0.3) is 0 Å². The number of thiocarbonyl (C=S) groups is 1. The molecule has 0 amide bonds. The fourth-order valence-corrected chi connectivity index (χ4v) is 2.20. The highest BCUT2D eigenvalue weighted by molar-refractivity contribution is 7.80. The Kier molecular flexibility index (Phi) is 6.31. The lowest BCUT2D eigenvalue weighted by Gasteiger charge is -2.13.